The number of hydrogen-bond acceptors (Lipinski definition) is 4. The molecule has 0 spiro atoms. The molecule has 2 aliphatic heterocycles. The van der Waals surface area contributed by atoms with Crippen LogP contribution in [0.25, 0.3) is 0 Å². The average molecular weight is 378 g/mol. The normalized spacial score (nSPS) is 16.0. The number of rotatable bonds is 5. The summed E-state index contributed by atoms with van der Waals surface area (Å²) in [5, 5.41) is 2.92. The molecule has 1 N–H and O–H groups in total. The van der Waals surface area contributed by atoms with Crippen LogP contribution in [0, 0.1) is 5.92 Å². The molecule has 2 aromatic rings. The highest BCUT2D eigenvalue weighted by Crippen LogP contribution is 2.28. The van der Waals surface area contributed by atoms with Crippen molar-refractivity contribution in [3.63, 3.8) is 0 Å². The minimum atomic E-state index is -0.564. The number of ether oxygens (including phenoxy) is 1. The third kappa shape index (κ3) is 3.26. The summed E-state index contributed by atoms with van der Waals surface area (Å²) >= 11 is 0. The summed E-state index contributed by atoms with van der Waals surface area (Å²) in [4.78, 5) is 39.2. The fourth-order valence-corrected chi connectivity index (χ4v) is 3.79. The SMILES string of the molecule is CC(C)CC(C(=O)Nc1ccc2c(c1)COC2=O)N1Cc2ccccc2C1=O. The fraction of sp³-hybridized carbons (Fsp3) is 0.318. The number of benzene rings is 2. The van der Waals surface area contributed by atoms with E-state index < -0.39 is 6.04 Å². The van der Waals surface area contributed by atoms with Crippen molar-refractivity contribution in [3.05, 3.63) is 64.7 Å². The molecule has 6 heteroatoms. The molecule has 2 amide bonds. The predicted octanol–water partition coefficient (Wildman–Crippen LogP) is 3.37. The van der Waals surface area contributed by atoms with E-state index in [4.69, 9.17) is 4.74 Å². The molecule has 0 saturated carbocycles. The van der Waals surface area contributed by atoms with E-state index in [0.29, 0.717) is 29.8 Å². The highest BCUT2D eigenvalue weighted by molar-refractivity contribution is 6.04. The van der Waals surface area contributed by atoms with Crippen molar-refractivity contribution in [3.8, 4) is 0 Å². The number of carbonyl (C=O) groups is 3. The second kappa shape index (κ2) is 7.11. The molecule has 1 unspecified atom stereocenters. The van der Waals surface area contributed by atoms with Crippen molar-refractivity contribution in [1.82, 2.24) is 4.90 Å². The van der Waals surface area contributed by atoms with E-state index in [1.807, 2.05) is 32.0 Å². The van der Waals surface area contributed by atoms with Gasteiger partial charge in [0.2, 0.25) is 5.91 Å². The van der Waals surface area contributed by atoms with Gasteiger partial charge >= 0.3 is 5.97 Å². The largest absolute Gasteiger partial charge is 0.457 e. The molecule has 0 aliphatic carbocycles. The average Bonchev–Trinajstić information content (AvgIpc) is 3.20. The lowest BCUT2D eigenvalue weighted by atomic mass is 10.0. The van der Waals surface area contributed by atoms with Gasteiger partial charge in [0.1, 0.15) is 12.6 Å². The first-order chi connectivity index (χ1) is 13.4. The summed E-state index contributed by atoms with van der Waals surface area (Å²) in [7, 11) is 0. The van der Waals surface area contributed by atoms with Gasteiger partial charge < -0.3 is 15.0 Å². The first-order valence-electron chi connectivity index (χ1n) is 9.44. The molecule has 0 aromatic heterocycles. The van der Waals surface area contributed by atoms with Crippen LogP contribution in [0.3, 0.4) is 0 Å². The van der Waals surface area contributed by atoms with Gasteiger partial charge in [0.25, 0.3) is 5.91 Å². The van der Waals surface area contributed by atoms with Crippen molar-refractivity contribution >= 4 is 23.5 Å². The topological polar surface area (TPSA) is 75.7 Å². The Bertz CT molecular complexity index is 967. The van der Waals surface area contributed by atoms with Crippen LogP contribution in [-0.2, 0) is 22.7 Å². The lowest BCUT2D eigenvalue weighted by Gasteiger charge is -2.28. The highest BCUT2D eigenvalue weighted by Gasteiger charge is 2.36. The summed E-state index contributed by atoms with van der Waals surface area (Å²) < 4.78 is 5.01. The van der Waals surface area contributed by atoms with Crippen molar-refractivity contribution < 1.29 is 19.1 Å². The predicted molar refractivity (Wildman–Crippen MR) is 104 cm³/mol. The lowest BCUT2D eigenvalue weighted by Crippen LogP contribution is -2.45. The monoisotopic (exact) mass is 378 g/mol. The maximum absolute atomic E-state index is 13.1. The lowest BCUT2D eigenvalue weighted by molar-refractivity contribution is -0.121. The number of anilines is 1. The van der Waals surface area contributed by atoms with Crippen LogP contribution in [-0.4, -0.2) is 28.7 Å². The number of fused-ring (bicyclic) bond motifs is 2. The molecule has 2 heterocycles. The Balaban J connectivity index is 1.56. The summed E-state index contributed by atoms with van der Waals surface area (Å²) in [6, 6.07) is 12.0. The van der Waals surface area contributed by atoms with Crippen molar-refractivity contribution in [2.45, 2.75) is 39.5 Å². The molecular formula is C22H22N2O4. The maximum Gasteiger partial charge on any atom is 0.338 e. The van der Waals surface area contributed by atoms with E-state index in [1.165, 1.54) is 0 Å². The van der Waals surface area contributed by atoms with Crippen LogP contribution in [0.5, 0.6) is 0 Å². The smallest absolute Gasteiger partial charge is 0.338 e. The van der Waals surface area contributed by atoms with Gasteiger partial charge in [-0.15, -0.1) is 0 Å². The number of hydrogen-bond donors (Lipinski definition) is 1. The molecule has 0 saturated heterocycles. The van der Waals surface area contributed by atoms with Crippen LogP contribution in [0.15, 0.2) is 42.5 Å². The standard InChI is InChI=1S/C22H22N2O4/c1-13(2)9-19(24-11-14-5-3-4-6-17(14)21(24)26)20(25)23-16-7-8-18-15(10-16)12-28-22(18)27/h3-8,10,13,19H,9,11-12H2,1-2H3,(H,23,25). The number of nitrogens with one attached hydrogen (secondary N) is 1. The number of cyclic esters (lactones) is 1. The Morgan fingerprint density at radius 3 is 2.64 bits per heavy atom. The van der Waals surface area contributed by atoms with Crippen LogP contribution >= 0.6 is 0 Å². The first-order valence-corrected chi connectivity index (χ1v) is 9.44. The Morgan fingerprint density at radius 1 is 1.11 bits per heavy atom. The van der Waals surface area contributed by atoms with Gasteiger partial charge in [-0.05, 0) is 42.2 Å². The maximum atomic E-state index is 13.1. The molecule has 0 bridgehead atoms. The van der Waals surface area contributed by atoms with E-state index in [9.17, 15) is 14.4 Å². The molecule has 6 nitrogen and oxygen atoms in total. The van der Waals surface area contributed by atoms with E-state index >= 15 is 0 Å². The third-order valence-electron chi connectivity index (χ3n) is 5.17. The molecule has 4 rings (SSSR count). The van der Waals surface area contributed by atoms with Gasteiger partial charge in [0.05, 0.1) is 5.56 Å². The van der Waals surface area contributed by atoms with Crippen molar-refractivity contribution in [2.75, 3.05) is 5.32 Å². The van der Waals surface area contributed by atoms with Gasteiger partial charge in [0.15, 0.2) is 0 Å². The molecular weight excluding hydrogens is 356 g/mol. The van der Waals surface area contributed by atoms with Gasteiger partial charge in [-0.2, -0.15) is 0 Å². The first kappa shape index (κ1) is 18.2. The van der Waals surface area contributed by atoms with Crippen LogP contribution in [0.2, 0.25) is 0 Å². The van der Waals surface area contributed by atoms with Crippen LogP contribution in [0.4, 0.5) is 5.69 Å². The zero-order chi connectivity index (χ0) is 19.8. The summed E-state index contributed by atoms with van der Waals surface area (Å²) in [5.41, 5.74) is 3.49. The molecule has 144 valence electrons. The second-order valence-electron chi connectivity index (χ2n) is 7.67. The van der Waals surface area contributed by atoms with Crippen molar-refractivity contribution in [2.24, 2.45) is 5.92 Å². The minimum Gasteiger partial charge on any atom is -0.457 e. The number of esters is 1. The van der Waals surface area contributed by atoms with E-state index in [1.54, 1.807) is 29.2 Å². The summed E-state index contributed by atoms with van der Waals surface area (Å²) in [5.74, 6) is -0.423. The fourth-order valence-electron chi connectivity index (χ4n) is 3.79. The Labute approximate surface area is 163 Å². The van der Waals surface area contributed by atoms with Gasteiger partial charge in [0, 0.05) is 23.4 Å². The zero-order valence-corrected chi connectivity index (χ0v) is 15.9. The van der Waals surface area contributed by atoms with Crippen molar-refractivity contribution in [1.29, 1.82) is 0 Å². The van der Waals surface area contributed by atoms with Gasteiger partial charge in [-0.3, -0.25) is 9.59 Å². The molecule has 1 atom stereocenters. The van der Waals surface area contributed by atoms with E-state index in [-0.39, 0.29) is 30.3 Å². The van der Waals surface area contributed by atoms with Crippen LogP contribution < -0.4 is 5.32 Å². The molecule has 0 fully saturated rings. The number of carbonyl (C=O) groups excluding carboxylic acids is 3. The molecule has 28 heavy (non-hydrogen) atoms. The van der Waals surface area contributed by atoms with E-state index in [0.717, 1.165) is 11.1 Å². The number of amides is 2. The third-order valence-corrected chi connectivity index (χ3v) is 5.17. The minimum absolute atomic E-state index is 0.107. The summed E-state index contributed by atoms with van der Waals surface area (Å²) in [6.45, 7) is 4.72. The Morgan fingerprint density at radius 2 is 1.89 bits per heavy atom. The molecule has 2 aromatic carbocycles. The van der Waals surface area contributed by atoms with Crippen LogP contribution in [0.1, 0.15) is 52.1 Å². The van der Waals surface area contributed by atoms with Gasteiger partial charge in [-0.25, -0.2) is 4.79 Å². The molecule has 0 radical (unpaired) electrons. The summed E-state index contributed by atoms with van der Waals surface area (Å²) in [6.07, 6.45) is 0.568. The highest BCUT2D eigenvalue weighted by atomic mass is 16.5. The quantitative estimate of drug-likeness (QED) is 0.810. The Kier molecular flexibility index (Phi) is 4.63. The number of nitrogens with zero attached hydrogens (tertiary/aromatic N) is 1. The second-order valence-corrected chi connectivity index (χ2v) is 7.67. The van der Waals surface area contributed by atoms with E-state index in [2.05, 4.69) is 5.32 Å². The molecule has 2 aliphatic rings. The van der Waals surface area contributed by atoms with Gasteiger partial charge in [-0.1, -0.05) is 32.0 Å². The Hall–Kier alpha value is -3.15. The zero-order valence-electron chi connectivity index (χ0n) is 15.9.